The topological polar surface area (TPSA) is 38.1 Å². The van der Waals surface area contributed by atoms with E-state index in [9.17, 15) is 0 Å². The molecule has 98 valence electrons. The molecule has 0 aliphatic heterocycles. The summed E-state index contributed by atoms with van der Waals surface area (Å²) >= 11 is 1.70. The van der Waals surface area contributed by atoms with Crippen LogP contribution in [0.1, 0.15) is 31.7 Å². The van der Waals surface area contributed by atoms with Crippen LogP contribution in [0.15, 0.2) is 21.4 Å². The second kappa shape index (κ2) is 6.16. The van der Waals surface area contributed by atoms with Crippen molar-refractivity contribution in [1.82, 2.24) is 10.3 Å². The van der Waals surface area contributed by atoms with Gasteiger partial charge < -0.3 is 9.73 Å². The summed E-state index contributed by atoms with van der Waals surface area (Å²) < 4.78 is 5.78. The summed E-state index contributed by atoms with van der Waals surface area (Å²) in [5, 5.41) is 7.63. The van der Waals surface area contributed by atoms with E-state index in [0.29, 0.717) is 6.04 Å². The van der Waals surface area contributed by atoms with Gasteiger partial charge in [-0.15, -0.1) is 0 Å². The van der Waals surface area contributed by atoms with E-state index < -0.39 is 0 Å². The Balaban J connectivity index is 1.89. The van der Waals surface area contributed by atoms with Crippen LogP contribution in [-0.2, 0) is 6.42 Å². The zero-order valence-corrected chi connectivity index (χ0v) is 12.0. The van der Waals surface area contributed by atoms with Gasteiger partial charge in [-0.05, 0) is 30.8 Å². The Morgan fingerprint density at radius 1 is 1.39 bits per heavy atom. The molecule has 3 nitrogen and oxygen atoms in total. The predicted octanol–water partition coefficient (Wildman–Crippen LogP) is 3.64. The fourth-order valence-electron chi connectivity index (χ4n) is 1.79. The van der Waals surface area contributed by atoms with E-state index in [4.69, 9.17) is 4.42 Å². The molecule has 4 heteroatoms. The average molecular weight is 264 g/mol. The lowest BCUT2D eigenvalue weighted by atomic mass is 10.2. The van der Waals surface area contributed by atoms with E-state index in [1.54, 1.807) is 11.3 Å². The minimum absolute atomic E-state index is 0.540. The van der Waals surface area contributed by atoms with Crippen LogP contribution in [0.4, 0.5) is 0 Å². The van der Waals surface area contributed by atoms with Gasteiger partial charge in [0.15, 0.2) is 11.7 Å². The van der Waals surface area contributed by atoms with Gasteiger partial charge in [0.2, 0.25) is 0 Å². The lowest BCUT2D eigenvalue weighted by molar-refractivity contribution is 0.484. The maximum absolute atomic E-state index is 5.78. The Morgan fingerprint density at radius 2 is 2.22 bits per heavy atom. The number of hydrogen-bond donors (Lipinski definition) is 1. The third kappa shape index (κ3) is 3.43. The molecule has 0 spiro atoms. The molecular weight excluding hydrogens is 244 g/mol. The zero-order chi connectivity index (χ0) is 13.0. The summed E-state index contributed by atoms with van der Waals surface area (Å²) in [6, 6.07) is 0.540. The molecule has 0 unspecified atom stereocenters. The summed E-state index contributed by atoms with van der Waals surface area (Å²) in [4.78, 5) is 4.34. The second-order valence-electron chi connectivity index (χ2n) is 4.80. The molecule has 1 N–H and O–H groups in total. The van der Waals surface area contributed by atoms with E-state index in [1.807, 2.05) is 6.20 Å². The van der Waals surface area contributed by atoms with Crippen LogP contribution in [0.2, 0.25) is 0 Å². The van der Waals surface area contributed by atoms with Crippen LogP contribution in [-0.4, -0.2) is 17.6 Å². The Morgan fingerprint density at radius 3 is 2.89 bits per heavy atom. The molecule has 2 rings (SSSR count). The molecule has 0 aliphatic rings. The predicted molar refractivity (Wildman–Crippen MR) is 76.0 cm³/mol. The zero-order valence-electron chi connectivity index (χ0n) is 11.2. The summed E-state index contributed by atoms with van der Waals surface area (Å²) in [7, 11) is 0. The number of oxazole rings is 1. The van der Waals surface area contributed by atoms with E-state index in [2.05, 4.69) is 41.8 Å². The Kier molecular flexibility index (Phi) is 4.55. The Hall–Kier alpha value is -1.13. The smallest absolute Gasteiger partial charge is 0.194 e. The van der Waals surface area contributed by atoms with E-state index >= 15 is 0 Å². The number of aryl methyl sites for hydroxylation is 2. The molecule has 0 saturated carbocycles. The number of thiophene rings is 1. The first kappa shape index (κ1) is 13.3. The van der Waals surface area contributed by atoms with Gasteiger partial charge in [-0.3, -0.25) is 0 Å². The second-order valence-corrected chi connectivity index (χ2v) is 5.54. The van der Waals surface area contributed by atoms with Crippen molar-refractivity contribution in [2.24, 2.45) is 0 Å². The van der Waals surface area contributed by atoms with E-state index in [0.717, 1.165) is 31.0 Å². The first-order valence-corrected chi connectivity index (χ1v) is 7.32. The third-order valence-corrected chi connectivity index (χ3v) is 3.66. The first-order valence-electron chi connectivity index (χ1n) is 6.38. The van der Waals surface area contributed by atoms with Crippen molar-refractivity contribution in [3.05, 3.63) is 28.4 Å². The van der Waals surface area contributed by atoms with Crippen molar-refractivity contribution >= 4 is 11.3 Å². The monoisotopic (exact) mass is 264 g/mol. The SMILES string of the molecule is Cc1cscc1-c1cnc(CCCNC(C)C)o1. The molecule has 0 amide bonds. The molecule has 18 heavy (non-hydrogen) atoms. The molecule has 0 bridgehead atoms. The molecule has 0 atom stereocenters. The standard InChI is InChI=1S/C14H20N2OS/c1-10(2)15-6-4-5-14-16-7-13(17-14)12-9-18-8-11(12)3/h7-10,15H,4-6H2,1-3H3. The minimum Gasteiger partial charge on any atom is -0.441 e. The number of hydrogen-bond acceptors (Lipinski definition) is 4. The van der Waals surface area contributed by atoms with Crippen LogP contribution < -0.4 is 5.32 Å². The number of aromatic nitrogens is 1. The molecule has 2 aromatic rings. The third-order valence-electron chi connectivity index (χ3n) is 2.79. The first-order chi connectivity index (χ1) is 8.66. The summed E-state index contributed by atoms with van der Waals surface area (Å²) in [5.74, 6) is 1.72. The highest BCUT2D eigenvalue weighted by Gasteiger charge is 2.09. The van der Waals surface area contributed by atoms with Crippen molar-refractivity contribution in [2.45, 2.75) is 39.7 Å². The Bertz CT molecular complexity index is 487. The highest BCUT2D eigenvalue weighted by Crippen LogP contribution is 2.27. The van der Waals surface area contributed by atoms with Crippen molar-refractivity contribution in [2.75, 3.05) is 6.54 Å². The molecular formula is C14H20N2OS. The van der Waals surface area contributed by atoms with Crippen molar-refractivity contribution in [3.63, 3.8) is 0 Å². The molecule has 0 fully saturated rings. The average Bonchev–Trinajstić information content (AvgIpc) is 2.92. The molecule has 0 radical (unpaired) electrons. The van der Waals surface area contributed by atoms with Crippen molar-refractivity contribution < 1.29 is 4.42 Å². The van der Waals surface area contributed by atoms with Crippen LogP contribution in [0.3, 0.4) is 0 Å². The highest BCUT2D eigenvalue weighted by molar-refractivity contribution is 7.08. The lowest BCUT2D eigenvalue weighted by Crippen LogP contribution is -2.23. The van der Waals surface area contributed by atoms with Gasteiger partial charge in [-0.1, -0.05) is 13.8 Å². The van der Waals surface area contributed by atoms with Crippen LogP contribution in [0, 0.1) is 6.92 Å². The summed E-state index contributed by atoms with van der Waals surface area (Å²) in [5.41, 5.74) is 2.42. The largest absolute Gasteiger partial charge is 0.441 e. The van der Waals surface area contributed by atoms with Crippen LogP contribution in [0.25, 0.3) is 11.3 Å². The van der Waals surface area contributed by atoms with Gasteiger partial charge in [0.25, 0.3) is 0 Å². The summed E-state index contributed by atoms with van der Waals surface area (Å²) in [6.45, 7) is 7.42. The minimum atomic E-state index is 0.540. The molecule has 2 aromatic heterocycles. The number of nitrogens with one attached hydrogen (secondary N) is 1. The summed E-state index contributed by atoms with van der Waals surface area (Å²) in [6.07, 6.45) is 3.78. The number of nitrogens with zero attached hydrogens (tertiary/aromatic N) is 1. The lowest BCUT2D eigenvalue weighted by Gasteiger charge is -2.05. The van der Waals surface area contributed by atoms with Crippen LogP contribution in [0.5, 0.6) is 0 Å². The van der Waals surface area contributed by atoms with Crippen molar-refractivity contribution in [3.8, 4) is 11.3 Å². The van der Waals surface area contributed by atoms with Gasteiger partial charge in [0.05, 0.1) is 6.20 Å². The van der Waals surface area contributed by atoms with Gasteiger partial charge >= 0.3 is 0 Å². The van der Waals surface area contributed by atoms with Gasteiger partial charge in [-0.2, -0.15) is 11.3 Å². The number of rotatable bonds is 6. The van der Waals surface area contributed by atoms with Gasteiger partial charge in [0.1, 0.15) is 0 Å². The van der Waals surface area contributed by atoms with Gasteiger partial charge in [0, 0.05) is 23.4 Å². The fourth-order valence-corrected chi connectivity index (χ4v) is 2.63. The molecule has 0 aromatic carbocycles. The normalized spacial score (nSPS) is 11.3. The van der Waals surface area contributed by atoms with Crippen LogP contribution >= 0.6 is 11.3 Å². The molecule has 0 aliphatic carbocycles. The molecule has 2 heterocycles. The quantitative estimate of drug-likeness (QED) is 0.809. The fraction of sp³-hybridized carbons (Fsp3) is 0.500. The Labute approximate surface area is 112 Å². The maximum Gasteiger partial charge on any atom is 0.194 e. The van der Waals surface area contributed by atoms with E-state index in [1.165, 1.54) is 11.1 Å². The maximum atomic E-state index is 5.78. The van der Waals surface area contributed by atoms with E-state index in [-0.39, 0.29) is 0 Å². The molecule has 0 saturated heterocycles. The highest BCUT2D eigenvalue weighted by atomic mass is 32.1. The van der Waals surface area contributed by atoms with Gasteiger partial charge in [-0.25, -0.2) is 4.98 Å². The van der Waals surface area contributed by atoms with Crippen molar-refractivity contribution in [1.29, 1.82) is 0 Å².